The molecule has 4 unspecified atom stereocenters. The first kappa shape index (κ1) is 12.9. The summed E-state index contributed by atoms with van der Waals surface area (Å²) in [6.07, 6.45) is 4.90. The maximum Gasteiger partial charge on any atom is 0.309 e. The Morgan fingerprint density at radius 3 is 2.65 bits per heavy atom. The zero-order valence-electron chi connectivity index (χ0n) is 11.4. The van der Waals surface area contributed by atoms with Crippen LogP contribution in [0.1, 0.15) is 53.4 Å². The maximum atomic E-state index is 11.9. The Morgan fingerprint density at radius 1 is 1.47 bits per heavy atom. The fraction of sp³-hybridized carbons (Fsp3) is 0.929. The molecule has 0 N–H and O–H groups in total. The molecule has 4 atom stereocenters. The highest BCUT2D eigenvalue weighted by Gasteiger charge is 2.49. The Hall–Kier alpha value is -0.570. The van der Waals surface area contributed by atoms with Crippen LogP contribution in [-0.4, -0.2) is 23.8 Å². The van der Waals surface area contributed by atoms with E-state index >= 15 is 0 Å². The summed E-state index contributed by atoms with van der Waals surface area (Å²) < 4.78 is 11.6. The van der Waals surface area contributed by atoms with Crippen molar-refractivity contribution < 1.29 is 14.3 Å². The monoisotopic (exact) mass is 240 g/mol. The van der Waals surface area contributed by atoms with E-state index < -0.39 is 0 Å². The van der Waals surface area contributed by atoms with E-state index in [9.17, 15) is 4.79 Å². The fourth-order valence-electron chi connectivity index (χ4n) is 2.97. The lowest BCUT2D eigenvalue weighted by molar-refractivity contribution is -0.168. The molecule has 2 fully saturated rings. The van der Waals surface area contributed by atoms with Gasteiger partial charge in [-0.25, -0.2) is 0 Å². The molecule has 2 saturated heterocycles. The second-order valence-corrected chi connectivity index (χ2v) is 6.05. The summed E-state index contributed by atoms with van der Waals surface area (Å²) >= 11 is 0. The molecule has 98 valence electrons. The SMILES string of the molecule is CCC(C)C(=O)OC(C)(C)C1CC2CCC1O2. The second kappa shape index (κ2) is 4.60. The van der Waals surface area contributed by atoms with Gasteiger partial charge in [0.25, 0.3) is 0 Å². The average molecular weight is 240 g/mol. The fourth-order valence-corrected chi connectivity index (χ4v) is 2.97. The van der Waals surface area contributed by atoms with Gasteiger partial charge >= 0.3 is 5.97 Å². The minimum absolute atomic E-state index is 0.00576. The van der Waals surface area contributed by atoms with Gasteiger partial charge in [-0.3, -0.25) is 4.79 Å². The number of rotatable bonds is 4. The first-order valence-corrected chi connectivity index (χ1v) is 6.82. The maximum absolute atomic E-state index is 11.9. The summed E-state index contributed by atoms with van der Waals surface area (Å²) in [6, 6.07) is 0. The Labute approximate surface area is 104 Å². The lowest BCUT2D eigenvalue weighted by Gasteiger charge is -2.35. The summed E-state index contributed by atoms with van der Waals surface area (Å²) in [5.74, 6) is 0.295. The third kappa shape index (κ3) is 2.49. The molecule has 0 saturated carbocycles. The molecule has 2 heterocycles. The number of hydrogen-bond acceptors (Lipinski definition) is 3. The molecule has 0 spiro atoms. The molecule has 2 bridgehead atoms. The van der Waals surface area contributed by atoms with Crippen LogP contribution in [0.3, 0.4) is 0 Å². The quantitative estimate of drug-likeness (QED) is 0.709. The van der Waals surface area contributed by atoms with Gasteiger partial charge in [0.2, 0.25) is 0 Å². The molecule has 2 aliphatic heterocycles. The van der Waals surface area contributed by atoms with Gasteiger partial charge < -0.3 is 9.47 Å². The van der Waals surface area contributed by atoms with Gasteiger partial charge in [-0.05, 0) is 39.5 Å². The van der Waals surface area contributed by atoms with Gasteiger partial charge in [-0.1, -0.05) is 13.8 Å². The highest BCUT2D eigenvalue weighted by atomic mass is 16.6. The molecule has 3 nitrogen and oxygen atoms in total. The molecule has 2 rings (SSSR count). The first-order valence-electron chi connectivity index (χ1n) is 6.82. The van der Waals surface area contributed by atoms with Crippen LogP contribution in [0, 0.1) is 11.8 Å². The van der Waals surface area contributed by atoms with E-state index in [0.29, 0.717) is 18.1 Å². The van der Waals surface area contributed by atoms with Crippen molar-refractivity contribution in [2.75, 3.05) is 0 Å². The van der Waals surface area contributed by atoms with Gasteiger partial charge in [-0.15, -0.1) is 0 Å². The van der Waals surface area contributed by atoms with Crippen LogP contribution in [0.2, 0.25) is 0 Å². The lowest BCUT2D eigenvalue weighted by Crippen LogP contribution is -2.42. The molecule has 0 radical (unpaired) electrons. The number of hydrogen-bond donors (Lipinski definition) is 0. The summed E-state index contributed by atoms with van der Waals surface area (Å²) in [5, 5.41) is 0. The van der Waals surface area contributed by atoms with Crippen LogP contribution < -0.4 is 0 Å². The average Bonchev–Trinajstić information content (AvgIpc) is 2.89. The molecular weight excluding hydrogens is 216 g/mol. The third-order valence-electron chi connectivity index (χ3n) is 4.38. The van der Waals surface area contributed by atoms with Crippen LogP contribution in [-0.2, 0) is 14.3 Å². The van der Waals surface area contributed by atoms with E-state index in [1.165, 1.54) is 6.42 Å². The lowest BCUT2D eigenvalue weighted by atomic mass is 9.78. The summed E-state index contributed by atoms with van der Waals surface area (Å²) in [4.78, 5) is 11.9. The number of carbonyl (C=O) groups is 1. The highest BCUT2D eigenvalue weighted by Crippen LogP contribution is 2.45. The Morgan fingerprint density at radius 2 is 2.18 bits per heavy atom. The molecule has 17 heavy (non-hydrogen) atoms. The Bertz CT molecular complexity index is 298. The molecule has 3 heteroatoms. The van der Waals surface area contributed by atoms with Crippen LogP contribution in [0.4, 0.5) is 0 Å². The zero-order chi connectivity index (χ0) is 12.6. The molecule has 2 aliphatic rings. The summed E-state index contributed by atoms with van der Waals surface area (Å²) in [6.45, 7) is 8.00. The third-order valence-corrected chi connectivity index (χ3v) is 4.38. The normalized spacial score (nSPS) is 33.8. The number of fused-ring (bicyclic) bond motifs is 2. The molecule has 0 aliphatic carbocycles. The minimum Gasteiger partial charge on any atom is -0.459 e. The highest BCUT2D eigenvalue weighted by molar-refractivity contribution is 5.72. The van der Waals surface area contributed by atoms with E-state index in [1.54, 1.807) is 0 Å². The van der Waals surface area contributed by atoms with Crippen molar-refractivity contribution in [3.05, 3.63) is 0 Å². The number of carbonyl (C=O) groups excluding carboxylic acids is 1. The molecule has 0 aromatic carbocycles. The number of esters is 1. The van der Waals surface area contributed by atoms with Crippen LogP contribution in [0.25, 0.3) is 0 Å². The van der Waals surface area contributed by atoms with Crippen molar-refractivity contribution in [1.29, 1.82) is 0 Å². The van der Waals surface area contributed by atoms with Crippen LogP contribution in [0.5, 0.6) is 0 Å². The largest absolute Gasteiger partial charge is 0.459 e. The summed E-state index contributed by atoms with van der Waals surface area (Å²) in [5.41, 5.74) is -0.389. The van der Waals surface area contributed by atoms with Crippen LogP contribution >= 0.6 is 0 Å². The van der Waals surface area contributed by atoms with E-state index in [0.717, 1.165) is 19.3 Å². The number of ether oxygens (including phenoxy) is 2. The smallest absolute Gasteiger partial charge is 0.309 e. The van der Waals surface area contributed by atoms with Crippen molar-refractivity contribution in [3.8, 4) is 0 Å². The van der Waals surface area contributed by atoms with Gasteiger partial charge in [0.05, 0.1) is 18.1 Å². The first-order chi connectivity index (χ1) is 7.94. The molecule has 0 aromatic heterocycles. The predicted molar refractivity (Wildman–Crippen MR) is 65.6 cm³/mol. The van der Waals surface area contributed by atoms with Gasteiger partial charge in [0.15, 0.2) is 0 Å². The minimum atomic E-state index is -0.389. The van der Waals surface area contributed by atoms with Crippen molar-refractivity contribution >= 4 is 5.97 Å². The van der Waals surface area contributed by atoms with Crippen LogP contribution in [0.15, 0.2) is 0 Å². The van der Waals surface area contributed by atoms with E-state index in [1.807, 2.05) is 27.7 Å². The Kier molecular flexibility index (Phi) is 3.48. The van der Waals surface area contributed by atoms with Gasteiger partial charge in [0, 0.05) is 5.92 Å². The van der Waals surface area contributed by atoms with Gasteiger partial charge in [-0.2, -0.15) is 0 Å². The summed E-state index contributed by atoms with van der Waals surface area (Å²) in [7, 11) is 0. The second-order valence-electron chi connectivity index (χ2n) is 6.05. The van der Waals surface area contributed by atoms with Gasteiger partial charge in [0.1, 0.15) is 5.60 Å². The zero-order valence-corrected chi connectivity index (χ0v) is 11.4. The predicted octanol–water partition coefficient (Wildman–Crippen LogP) is 2.92. The topological polar surface area (TPSA) is 35.5 Å². The van der Waals surface area contributed by atoms with Crippen molar-refractivity contribution in [2.45, 2.75) is 71.2 Å². The van der Waals surface area contributed by atoms with E-state index in [2.05, 4.69) is 0 Å². The molecular formula is C14H24O3. The molecule has 0 aromatic rings. The van der Waals surface area contributed by atoms with Crippen molar-refractivity contribution in [2.24, 2.45) is 11.8 Å². The molecule has 0 amide bonds. The Balaban J connectivity index is 1.97. The van der Waals surface area contributed by atoms with Crippen molar-refractivity contribution in [3.63, 3.8) is 0 Å². The van der Waals surface area contributed by atoms with E-state index in [-0.39, 0.29) is 17.5 Å². The standard InChI is InChI=1S/C14H24O3/c1-5-9(2)13(15)17-14(3,4)11-8-10-6-7-12(11)16-10/h9-12H,5-8H2,1-4H3. The van der Waals surface area contributed by atoms with E-state index in [4.69, 9.17) is 9.47 Å². The van der Waals surface area contributed by atoms with Crippen molar-refractivity contribution in [1.82, 2.24) is 0 Å².